The van der Waals surface area contributed by atoms with Crippen LogP contribution in [0.15, 0.2) is 0 Å². The van der Waals surface area contributed by atoms with E-state index in [9.17, 15) is 4.79 Å². The Morgan fingerprint density at radius 2 is 1.68 bits per heavy atom. The van der Waals surface area contributed by atoms with Crippen molar-refractivity contribution in [3.8, 4) is 0 Å². The first-order valence-electron chi connectivity index (χ1n) is 7.85. The van der Waals surface area contributed by atoms with Crippen LogP contribution < -0.4 is 5.32 Å². The molecule has 2 aliphatic rings. The zero-order chi connectivity index (χ0) is 13.5. The summed E-state index contributed by atoms with van der Waals surface area (Å²) in [4.78, 5) is 14.6. The van der Waals surface area contributed by atoms with Crippen molar-refractivity contribution in [3.63, 3.8) is 0 Å². The molecule has 19 heavy (non-hydrogen) atoms. The number of nitrogens with zero attached hydrogens (tertiary/aromatic N) is 1. The molecule has 4 heteroatoms. The minimum atomic E-state index is -0.0209. The molecule has 1 heterocycles. The third kappa shape index (κ3) is 4.18. The van der Waals surface area contributed by atoms with E-state index in [1.807, 2.05) is 0 Å². The van der Waals surface area contributed by atoms with Crippen molar-refractivity contribution in [2.45, 2.75) is 51.0 Å². The molecule has 0 radical (unpaired) electrons. The van der Waals surface area contributed by atoms with Gasteiger partial charge in [0.15, 0.2) is 0 Å². The quantitative estimate of drug-likeness (QED) is 0.793. The summed E-state index contributed by atoms with van der Waals surface area (Å²) in [5, 5.41) is 3.36. The number of ether oxygens (including phenoxy) is 1. The van der Waals surface area contributed by atoms with Crippen LogP contribution in [0.1, 0.15) is 44.9 Å². The number of nitrogens with one attached hydrogen (secondary N) is 1. The Morgan fingerprint density at radius 1 is 1.11 bits per heavy atom. The molecule has 1 N–H and O–H groups in total. The van der Waals surface area contributed by atoms with Gasteiger partial charge >= 0.3 is 5.97 Å². The summed E-state index contributed by atoms with van der Waals surface area (Å²) in [6, 6.07) is -0.00907. The van der Waals surface area contributed by atoms with Crippen molar-refractivity contribution in [1.82, 2.24) is 10.2 Å². The van der Waals surface area contributed by atoms with Gasteiger partial charge in [0.2, 0.25) is 0 Å². The lowest BCUT2D eigenvalue weighted by Crippen LogP contribution is -2.54. The van der Waals surface area contributed by atoms with Crippen LogP contribution in [0.4, 0.5) is 0 Å². The molecule has 1 saturated heterocycles. The van der Waals surface area contributed by atoms with Crippen LogP contribution in [0.25, 0.3) is 0 Å². The number of carbonyl (C=O) groups excluding carboxylic acids is 1. The molecule has 1 saturated carbocycles. The van der Waals surface area contributed by atoms with Crippen LogP contribution in [-0.4, -0.2) is 50.2 Å². The zero-order valence-corrected chi connectivity index (χ0v) is 12.2. The van der Waals surface area contributed by atoms with Gasteiger partial charge < -0.3 is 10.1 Å². The first-order chi connectivity index (χ1) is 9.33. The van der Waals surface area contributed by atoms with Gasteiger partial charge in [0, 0.05) is 26.2 Å². The summed E-state index contributed by atoms with van der Waals surface area (Å²) in [5.74, 6) is 0.471. The fraction of sp³-hybridized carbons (Fsp3) is 0.933. The van der Waals surface area contributed by atoms with E-state index in [-0.39, 0.29) is 12.0 Å². The molecular formula is C15H28N2O2. The predicted molar refractivity (Wildman–Crippen MR) is 76.1 cm³/mol. The van der Waals surface area contributed by atoms with Crippen molar-refractivity contribution in [2.24, 2.45) is 5.92 Å². The maximum atomic E-state index is 12.2. The second-order valence-corrected chi connectivity index (χ2v) is 5.86. The Hall–Kier alpha value is -0.610. The average molecular weight is 268 g/mol. The van der Waals surface area contributed by atoms with E-state index in [0.717, 1.165) is 26.2 Å². The number of esters is 1. The summed E-state index contributed by atoms with van der Waals surface area (Å²) in [6.45, 7) is 3.91. The second-order valence-electron chi connectivity index (χ2n) is 5.86. The SMILES string of the molecule is COC(=O)C(C1CCCCCCC1)N1CCNCC1. The van der Waals surface area contributed by atoms with Crippen LogP contribution in [0.3, 0.4) is 0 Å². The normalized spacial score (nSPS) is 25.3. The maximum absolute atomic E-state index is 12.2. The summed E-state index contributed by atoms with van der Waals surface area (Å²) in [7, 11) is 1.53. The van der Waals surface area contributed by atoms with Gasteiger partial charge in [0.25, 0.3) is 0 Å². The Kier molecular flexibility index (Phi) is 6.11. The monoisotopic (exact) mass is 268 g/mol. The first-order valence-corrected chi connectivity index (χ1v) is 7.85. The molecule has 1 aliphatic carbocycles. The van der Waals surface area contributed by atoms with Gasteiger partial charge in [-0.25, -0.2) is 0 Å². The lowest BCUT2D eigenvalue weighted by atomic mass is 9.85. The van der Waals surface area contributed by atoms with Crippen molar-refractivity contribution in [3.05, 3.63) is 0 Å². The molecule has 1 atom stereocenters. The number of methoxy groups -OCH3 is 1. The number of carbonyl (C=O) groups is 1. The second kappa shape index (κ2) is 7.85. The van der Waals surface area contributed by atoms with Gasteiger partial charge in [0.1, 0.15) is 6.04 Å². The largest absolute Gasteiger partial charge is 0.468 e. The van der Waals surface area contributed by atoms with Crippen molar-refractivity contribution < 1.29 is 9.53 Å². The predicted octanol–water partition coefficient (Wildman–Crippen LogP) is 1.79. The first kappa shape index (κ1) is 14.8. The lowest BCUT2D eigenvalue weighted by molar-refractivity contribution is -0.150. The number of rotatable bonds is 3. The zero-order valence-electron chi connectivity index (χ0n) is 12.2. The van der Waals surface area contributed by atoms with Crippen LogP contribution in [0.5, 0.6) is 0 Å². The van der Waals surface area contributed by atoms with E-state index in [1.54, 1.807) is 0 Å². The van der Waals surface area contributed by atoms with E-state index in [1.165, 1.54) is 52.1 Å². The summed E-state index contributed by atoms with van der Waals surface area (Å²) in [6.07, 6.45) is 8.92. The molecule has 0 spiro atoms. The molecule has 1 unspecified atom stereocenters. The molecule has 0 aromatic heterocycles. The highest BCUT2D eigenvalue weighted by molar-refractivity contribution is 5.76. The van der Waals surface area contributed by atoms with Crippen LogP contribution in [-0.2, 0) is 9.53 Å². The van der Waals surface area contributed by atoms with E-state index in [0.29, 0.717) is 5.92 Å². The molecular weight excluding hydrogens is 240 g/mol. The molecule has 0 bridgehead atoms. The highest BCUT2D eigenvalue weighted by Crippen LogP contribution is 2.28. The topological polar surface area (TPSA) is 41.6 Å². The van der Waals surface area contributed by atoms with Gasteiger partial charge in [0.05, 0.1) is 7.11 Å². The molecule has 0 amide bonds. The highest BCUT2D eigenvalue weighted by Gasteiger charge is 2.34. The Bertz CT molecular complexity index is 269. The fourth-order valence-electron chi connectivity index (χ4n) is 3.52. The van der Waals surface area contributed by atoms with Crippen molar-refractivity contribution in [2.75, 3.05) is 33.3 Å². The summed E-state index contributed by atoms with van der Waals surface area (Å²) >= 11 is 0. The number of hydrogen-bond acceptors (Lipinski definition) is 4. The molecule has 1 aliphatic heterocycles. The Balaban J connectivity index is 2.03. The molecule has 2 rings (SSSR count). The van der Waals surface area contributed by atoms with E-state index >= 15 is 0 Å². The van der Waals surface area contributed by atoms with Gasteiger partial charge in [-0.15, -0.1) is 0 Å². The Morgan fingerprint density at radius 3 is 2.26 bits per heavy atom. The molecule has 110 valence electrons. The van der Waals surface area contributed by atoms with Crippen molar-refractivity contribution in [1.29, 1.82) is 0 Å². The number of piperazine rings is 1. The standard InChI is InChI=1S/C15H28N2O2/c1-19-15(18)14(17-11-9-16-10-12-17)13-7-5-3-2-4-6-8-13/h13-14,16H,2-12H2,1H3. The molecule has 0 aromatic carbocycles. The van der Waals surface area contributed by atoms with E-state index < -0.39 is 0 Å². The number of hydrogen-bond donors (Lipinski definition) is 1. The summed E-state index contributed by atoms with van der Waals surface area (Å²) < 4.78 is 5.09. The molecule has 4 nitrogen and oxygen atoms in total. The minimum Gasteiger partial charge on any atom is -0.468 e. The highest BCUT2D eigenvalue weighted by atomic mass is 16.5. The van der Waals surface area contributed by atoms with E-state index in [2.05, 4.69) is 10.2 Å². The van der Waals surface area contributed by atoms with Gasteiger partial charge in [-0.05, 0) is 18.8 Å². The third-order valence-electron chi connectivity index (χ3n) is 4.58. The van der Waals surface area contributed by atoms with Crippen LogP contribution in [0, 0.1) is 5.92 Å². The maximum Gasteiger partial charge on any atom is 0.323 e. The van der Waals surface area contributed by atoms with Crippen molar-refractivity contribution >= 4 is 5.97 Å². The van der Waals surface area contributed by atoms with E-state index in [4.69, 9.17) is 4.74 Å². The summed E-state index contributed by atoms with van der Waals surface area (Å²) in [5.41, 5.74) is 0. The minimum absolute atomic E-state index is 0.00907. The average Bonchev–Trinajstić information content (AvgIpc) is 2.42. The third-order valence-corrected chi connectivity index (χ3v) is 4.58. The fourth-order valence-corrected chi connectivity index (χ4v) is 3.52. The van der Waals surface area contributed by atoms with Crippen LogP contribution in [0.2, 0.25) is 0 Å². The molecule has 0 aromatic rings. The smallest absolute Gasteiger partial charge is 0.323 e. The van der Waals surface area contributed by atoms with Gasteiger partial charge in [-0.1, -0.05) is 32.1 Å². The lowest BCUT2D eigenvalue weighted by Gasteiger charge is -2.38. The van der Waals surface area contributed by atoms with Gasteiger partial charge in [-0.2, -0.15) is 0 Å². The Labute approximate surface area is 116 Å². The molecule has 2 fully saturated rings. The van der Waals surface area contributed by atoms with Crippen LogP contribution >= 0.6 is 0 Å². The van der Waals surface area contributed by atoms with Gasteiger partial charge in [-0.3, -0.25) is 9.69 Å².